The molecule has 0 saturated heterocycles. The summed E-state index contributed by atoms with van der Waals surface area (Å²) in [5.41, 5.74) is 1.35. The Kier molecular flexibility index (Phi) is 4.32. The summed E-state index contributed by atoms with van der Waals surface area (Å²) in [6, 6.07) is 10.7. The van der Waals surface area contributed by atoms with Crippen LogP contribution < -0.4 is 5.32 Å². The van der Waals surface area contributed by atoms with E-state index in [2.05, 4.69) is 5.32 Å². The van der Waals surface area contributed by atoms with Gasteiger partial charge in [0.25, 0.3) is 5.91 Å². The van der Waals surface area contributed by atoms with Crippen LogP contribution in [0.25, 0.3) is 6.08 Å². The van der Waals surface area contributed by atoms with E-state index < -0.39 is 5.97 Å². The standard InChI is InChI=1S/C15H13NO3S/c1-10-5-7-13(20-10)15(19)16-12-4-2-3-11(9-12)6-8-14(17)18/h2-9H,1H3,(H,16,19)(H,17,18)/b8-6+. The van der Waals surface area contributed by atoms with Crippen molar-refractivity contribution in [2.45, 2.75) is 6.92 Å². The number of anilines is 1. The molecule has 4 nitrogen and oxygen atoms in total. The third-order valence-corrected chi connectivity index (χ3v) is 3.53. The molecule has 0 aliphatic rings. The molecule has 0 saturated carbocycles. The molecule has 102 valence electrons. The van der Waals surface area contributed by atoms with Crippen molar-refractivity contribution >= 4 is 35.0 Å². The van der Waals surface area contributed by atoms with Crippen LogP contribution in [0.5, 0.6) is 0 Å². The van der Waals surface area contributed by atoms with Crippen LogP contribution in [-0.4, -0.2) is 17.0 Å². The number of thiophene rings is 1. The number of hydrogen-bond acceptors (Lipinski definition) is 3. The minimum absolute atomic E-state index is 0.164. The highest BCUT2D eigenvalue weighted by molar-refractivity contribution is 7.14. The van der Waals surface area contributed by atoms with Gasteiger partial charge in [0.05, 0.1) is 4.88 Å². The SMILES string of the molecule is Cc1ccc(C(=O)Nc2cccc(/C=C/C(=O)O)c2)s1. The lowest BCUT2D eigenvalue weighted by atomic mass is 10.2. The minimum atomic E-state index is -1.01. The number of nitrogens with one attached hydrogen (secondary N) is 1. The van der Waals surface area contributed by atoms with Crippen LogP contribution in [0.15, 0.2) is 42.5 Å². The maximum Gasteiger partial charge on any atom is 0.328 e. The maximum absolute atomic E-state index is 12.0. The fraction of sp³-hybridized carbons (Fsp3) is 0.0667. The fourth-order valence-corrected chi connectivity index (χ4v) is 2.40. The van der Waals surface area contributed by atoms with Gasteiger partial charge in [-0.3, -0.25) is 4.79 Å². The van der Waals surface area contributed by atoms with Crippen molar-refractivity contribution in [2.24, 2.45) is 0 Å². The van der Waals surface area contributed by atoms with Crippen molar-refractivity contribution in [3.63, 3.8) is 0 Å². The number of aryl methyl sites for hydroxylation is 1. The lowest BCUT2D eigenvalue weighted by molar-refractivity contribution is -0.131. The molecular weight excluding hydrogens is 274 g/mol. The molecule has 20 heavy (non-hydrogen) atoms. The Bertz CT molecular complexity index is 673. The van der Waals surface area contributed by atoms with E-state index in [4.69, 9.17) is 5.11 Å². The van der Waals surface area contributed by atoms with E-state index in [9.17, 15) is 9.59 Å². The average Bonchev–Trinajstić information content (AvgIpc) is 2.84. The molecule has 1 aromatic carbocycles. The Morgan fingerprint density at radius 2 is 2.05 bits per heavy atom. The molecule has 0 unspecified atom stereocenters. The monoisotopic (exact) mass is 287 g/mol. The van der Waals surface area contributed by atoms with Gasteiger partial charge in [-0.15, -0.1) is 11.3 Å². The van der Waals surface area contributed by atoms with E-state index in [1.807, 2.05) is 13.0 Å². The molecule has 0 bridgehead atoms. The first-order chi connectivity index (χ1) is 9.54. The van der Waals surface area contributed by atoms with E-state index in [1.165, 1.54) is 17.4 Å². The molecule has 5 heteroatoms. The number of rotatable bonds is 4. The summed E-state index contributed by atoms with van der Waals surface area (Å²) < 4.78 is 0. The van der Waals surface area contributed by atoms with E-state index in [1.54, 1.807) is 30.3 Å². The topological polar surface area (TPSA) is 66.4 Å². The van der Waals surface area contributed by atoms with Gasteiger partial charge in [-0.1, -0.05) is 12.1 Å². The van der Waals surface area contributed by atoms with Crippen molar-refractivity contribution in [2.75, 3.05) is 5.32 Å². The van der Waals surface area contributed by atoms with Crippen LogP contribution >= 0.6 is 11.3 Å². The predicted octanol–water partition coefficient (Wildman–Crippen LogP) is 3.41. The number of hydrogen-bond donors (Lipinski definition) is 2. The minimum Gasteiger partial charge on any atom is -0.478 e. The van der Waals surface area contributed by atoms with Crippen LogP contribution in [-0.2, 0) is 4.79 Å². The Labute approximate surface area is 120 Å². The summed E-state index contributed by atoms with van der Waals surface area (Å²) in [5.74, 6) is -1.17. The summed E-state index contributed by atoms with van der Waals surface area (Å²) >= 11 is 1.43. The number of aliphatic carboxylic acids is 1. The van der Waals surface area contributed by atoms with Gasteiger partial charge in [0.2, 0.25) is 0 Å². The summed E-state index contributed by atoms with van der Waals surface area (Å²) in [5, 5.41) is 11.4. The van der Waals surface area contributed by atoms with Crippen LogP contribution in [0, 0.1) is 6.92 Å². The van der Waals surface area contributed by atoms with Crippen LogP contribution in [0.1, 0.15) is 20.1 Å². The first kappa shape index (κ1) is 14.0. The molecule has 2 rings (SSSR count). The zero-order valence-corrected chi connectivity index (χ0v) is 11.6. The summed E-state index contributed by atoms with van der Waals surface area (Å²) in [7, 11) is 0. The third-order valence-electron chi connectivity index (χ3n) is 2.53. The molecule has 1 heterocycles. The van der Waals surface area contributed by atoms with Gasteiger partial charge in [-0.05, 0) is 42.8 Å². The maximum atomic E-state index is 12.0. The third kappa shape index (κ3) is 3.80. The van der Waals surface area contributed by atoms with Gasteiger partial charge in [-0.25, -0.2) is 4.79 Å². The van der Waals surface area contributed by atoms with Gasteiger partial charge in [0, 0.05) is 16.6 Å². The molecule has 0 fully saturated rings. The van der Waals surface area contributed by atoms with Gasteiger partial charge in [0.15, 0.2) is 0 Å². The van der Waals surface area contributed by atoms with Crippen molar-refractivity contribution in [1.82, 2.24) is 0 Å². The summed E-state index contributed by atoms with van der Waals surface area (Å²) in [6.07, 6.45) is 2.54. The highest BCUT2D eigenvalue weighted by atomic mass is 32.1. The zero-order chi connectivity index (χ0) is 14.5. The second kappa shape index (κ2) is 6.16. The summed E-state index contributed by atoms with van der Waals surface area (Å²) in [4.78, 5) is 24.2. The quantitative estimate of drug-likeness (QED) is 0.847. The smallest absolute Gasteiger partial charge is 0.328 e. The van der Waals surface area contributed by atoms with Crippen molar-refractivity contribution in [3.05, 3.63) is 57.8 Å². The van der Waals surface area contributed by atoms with Gasteiger partial charge in [-0.2, -0.15) is 0 Å². The number of carbonyl (C=O) groups excluding carboxylic acids is 1. The lowest BCUT2D eigenvalue weighted by Crippen LogP contribution is -2.09. The number of carboxylic acids is 1. The second-order valence-electron chi connectivity index (χ2n) is 4.16. The Morgan fingerprint density at radius 1 is 1.25 bits per heavy atom. The number of amides is 1. The van der Waals surface area contributed by atoms with E-state index in [0.29, 0.717) is 16.1 Å². The first-order valence-corrected chi connectivity index (χ1v) is 6.75. The van der Waals surface area contributed by atoms with Crippen molar-refractivity contribution < 1.29 is 14.7 Å². The Balaban J connectivity index is 2.11. The van der Waals surface area contributed by atoms with Gasteiger partial charge >= 0.3 is 5.97 Å². The number of carbonyl (C=O) groups is 2. The normalized spacial score (nSPS) is 10.7. The molecule has 2 N–H and O–H groups in total. The van der Waals surface area contributed by atoms with E-state index in [0.717, 1.165) is 11.0 Å². The molecule has 1 aromatic heterocycles. The number of benzene rings is 1. The highest BCUT2D eigenvalue weighted by Gasteiger charge is 2.08. The van der Waals surface area contributed by atoms with Crippen LogP contribution in [0.3, 0.4) is 0 Å². The highest BCUT2D eigenvalue weighted by Crippen LogP contribution is 2.18. The average molecular weight is 287 g/mol. The molecule has 0 aliphatic heterocycles. The number of carboxylic acid groups (broad SMARTS) is 1. The van der Waals surface area contributed by atoms with E-state index in [-0.39, 0.29) is 5.91 Å². The molecule has 0 atom stereocenters. The molecule has 1 amide bonds. The van der Waals surface area contributed by atoms with Gasteiger partial charge < -0.3 is 10.4 Å². The Morgan fingerprint density at radius 3 is 2.70 bits per heavy atom. The summed E-state index contributed by atoms with van der Waals surface area (Å²) in [6.45, 7) is 1.94. The Hall–Kier alpha value is -2.40. The molecule has 0 radical (unpaired) electrons. The largest absolute Gasteiger partial charge is 0.478 e. The predicted molar refractivity (Wildman–Crippen MR) is 80.1 cm³/mol. The molecule has 0 spiro atoms. The second-order valence-corrected chi connectivity index (χ2v) is 5.45. The van der Waals surface area contributed by atoms with Gasteiger partial charge in [0.1, 0.15) is 0 Å². The molecule has 0 aliphatic carbocycles. The fourth-order valence-electron chi connectivity index (χ4n) is 1.64. The van der Waals surface area contributed by atoms with Crippen molar-refractivity contribution in [1.29, 1.82) is 0 Å². The van der Waals surface area contributed by atoms with E-state index >= 15 is 0 Å². The molecule has 2 aromatic rings. The zero-order valence-electron chi connectivity index (χ0n) is 10.8. The lowest BCUT2D eigenvalue weighted by Gasteiger charge is -2.04. The first-order valence-electron chi connectivity index (χ1n) is 5.93. The molecular formula is C15H13NO3S. The van der Waals surface area contributed by atoms with Crippen LogP contribution in [0.4, 0.5) is 5.69 Å². The van der Waals surface area contributed by atoms with Crippen molar-refractivity contribution in [3.8, 4) is 0 Å². The van der Waals surface area contributed by atoms with Crippen LogP contribution in [0.2, 0.25) is 0 Å².